The minimum Gasteiger partial charge on any atom is -0.346 e. The summed E-state index contributed by atoms with van der Waals surface area (Å²) in [7, 11) is 0. The van der Waals surface area contributed by atoms with Crippen molar-refractivity contribution in [2.75, 3.05) is 13.1 Å². The lowest BCUT2D eigenvalue weighted by Gasteiger charge is -2.32. The number of nitrogens with zero attached hydrogens (tertiary/aromatic N) is 3. The van der Waals surface area contributed by atoms with Crippen LogP contribution in [0.1, 0.15) is 35.8 Å². The highest BCUT2D eigenvalue weighted by atomic mass is 16.1. The molecule has 1 aliphatic heterocycles. The summed E-state index contributed by atoms with van der Waals surface area (Å²) < 4.78 is 0. The van der Waals surface area contributed by atoms with Gasteiger partial charge in [-0.05, 0) is 49.9 Å². The van der Waals surface area contributed by atoms with Gasteiger partial charge in [-0.15, -0.1) is 0 Å². The first kappa shape index (κ1) is 15.1. The predicted molar refractivity (Wildman–Crippen MR) is 92.9 cm³/mol. The average molecular weight is 323 g/mol. The number of hydrogen-bond donors (Lipinski definition) is 2. The number of aromatic nitrogens is 4. The number of fused-ring (bicyclic) bond motifs is 1. The monoisotopic (exact) mass is 323 g/mol. The topological polar surface area (TPSA) is 77.7 Å². The molecule has 24 heavy (non-hydrogen) atoms. The van der Waals surface area contributed by atoms with Gasteiger partial charge in [-0.3, -0.25) is 9.69 Å². The Hall–Kier alpha value is -2.47. The van der Waals surface area contributed by atoms with Crippen LogP contribution < -0.4 is 5.56 Å². The lowest BCUT2D eigenvalue weighted by atomic mass is 9.90. The molecule has 1 saturated heterocycles. The Morgan fingerprint density at radius 2 is 2.33 bits per heavy atom. The number of hydrogen-bond acceptors (Lipinski definition) is 4. The highest BCUT2D eigenvalue weighted by Gasteiger charge is 2.24. The van der Waals surface area contributed by atoms with Crippen molar-refractivity contribution in [2.45, 2.75) is 32.2 Å². The molecule has 2 N–H and O–H groups in total. The molecular formula is C18H21N5O. The Labute approximate surface area is 140 Å². The average Bonchev–Trinajstić information content (AvgIpc) is 2.98. The molecule has 3 aromatic rings. The lowest BCUT2D eigenvalue weighted by molar-refractivity contribution is 0.196. The molecule has 3 aromatic heterocycles. The van der Waals surface area contributed by atoms with Crippen LogP contribution >= 0.6 is 0 Å². The maximum atomic E-state index is 11.6. The fourth-order valence-corrected chi connectivity index (χ4v) is 3.70. The van der Waals surface area contributed by atoms with E-state index in [4.69, 9.17) is 0 Å². The van der Waals surface area contributed by atoms with E-state index < -0.39 is 0 Å². The molecule has 1 aliphatic rings. The van der Waals surface area contributed by atoms with Crippen LogP contribution in [0.2, 0.25) is 0 Å². The Morgan fingerprint density at radius 1 is 1.42 bits per heavy atom. The van der Waals surface area contributed by atoms with Crippen molar-refractivity contribution >= 4 is 11.0 Å². The third kappa shape index (κ3) is 2.97. The molecule has 6 heteroatoms. The molecule has 6 nitrogen and oxygen atoms in total. The maximum absolute atomic E-state index is 11.6. The fraction of sp³-hybridized carbons (Fsp3) is 0.389. The Balaban J connectivity index is 1.54. The molecule has 1 fully saturated rings. The molecule has 4 rings (SSSR count). The third-order valence-electron chi connectivity index (χ3n) is 4.72. The van der Waals surface area contributed by atoms with Crippen LogP contribution in [0.25, 0.3) is 11.0 Å². The number of aromatic amines is 2. The van der Waals surface area contributed by atoms with E-state index in [-0.39, 0.29) is 5.56 Å². The Kier molecular flexibility index (Phi) is 3.90. The van der Waals surface area contributed by atoms with E-state index in [1.165, 1.54) is 23.4 Å². The second-order valence-electron chi connectivity index (χ2n) is 6.55. The number of rotatable bonds is 3. The van der Waals surface area contributed by atoms with E-state index in [1.54, 1.807) is 0 Å². The quantitative estimate of drug-likeness (QED) is 0.775. The van der Waals surface area contributed by atoms with Crippen molar-refractivity contribution in [1.82, 2.24) is 24.8 Å². The van der Waals surface area contributed by atoms with Crippen LogP contribution in [0.3, 0.4) is 0 Å². The van der Waals surface area contributed by atoms with Gasteiger partial charge in [-0.2, -0.15) is 0 Å². The zero-order valence-electron chi connectivity index (χ0n) is 13.7. The fourth-order valence-electron chi connectivity index (χ4n) is 3.70. The standard InChI is InChI=1S/C18H21N5O/c1-12-8-17(24)22-16(21-12)11-23-7-3-4-13(10-23)15-9-20-18-14(15)5-2-6-19-18/h2,5-6,8-9,13H,3-4,7,10-11H2,1H3,(H,19,20)(H,21,22,24). The summed E-state index contributed by atoms with van der Waals surface area (Å²) in [5.74, 6) is 1.23. The molecule has 0 bridgehead atoms. The second kappa shape index (κ2) is 6.20. The molecule has 0 saturated carbocycles. The molecule has 0 aromatic carbocycles. The summed E-state index contributed by atoms with van der Waals surface area (Å²) in [5, 5.41) is 1.21. The summed E-state index contributed by atoms with van der Waals surface area (Å²) in [4.78, 5) is 29.0. The smallest absolute Gasteiger partial charge is 0.251 e. The van der Waals surface area contributed by atoms with Gasteiger partial charge in [0.25, 0.3) is 5.56 Å². The van der Waals surface area contributed by atoms with Crippen LogP contribution in [0, 0.1) is 6.92 Å². The van der Waals surface area contributed by atoms with Crippen molar-refractivity contribution in [3.05, 3.63) is 58.0 Å². The van der Waals surface area contributed by atoms with Crippen molar-refractivity contribution in [3.63, 3.8) is 0 Å². The van der Waals surface area contributed by atoms with Gasteiger partial charge in [0.05, 0.1) is 6.54 Å². The van der Waals surface area contributed by atoms with E-state index in [0.717, 1.165) is 36.7 Å². The molecule has 4 heterocycles. The number of piperidine rings is 1. The summed E-state index contributed by atoms with van der Waals surface area (Å²) in [6.45, 7) is 4.55. The zero-order valence-corrected chi connectivity index (χ0v) is 13.7. The number of nitrogens with one attached hydrogen (secondary N) is 2. The van der Waals surface area contributed by atoms with Crippen molar-refractivity contribution in [2.24, 2.45) is 0 Å². The molecule has 1 unspecified atom stereocenters. The minimum atomic E-state index is -0.0752. The molecular weight excluding hydrogens is 302 g/mol. The molecule has 0 spiro atoms. The lowest BCUT2D eigenvalue weighted by Crippen LogP contribution is -2.35. The Bertz CT molecular complexity index is 913. The van der Waals surface area contributed by atoms with Crippen LogP contribution in [0.5, 0.6) is 0 Å². The van der Waals surface area contributed by atoms with Gasteiger partial charge in [-0.25, -0.2) is 9.97 Å². The van der Waals surface area contributed by atoms with Gasteiger partial charge in [0.1, 0.15) is 11.5 Å². The predicted octanol–water partition coefficient (Wildman–Crippen LogP) is 2.33. The first-order valence-electron chi connectivity index (χ1n) is 8.40. The van der Waals surface area contributed by atoms with E-state index in [2.05, 4.69) is 37.1 Å². The number of aryl methyl sites for hydroxylation is 1. The minimum absolute atomic E-state index is 0.0752. The third-order valence-corrected chi connectivity index (χ3v) is 4.72. The first-order valence-corrected chi connectivity index (χ1v) is 8.40. The van der Waals surface area contributed by atoms with Gasteiger partial charge in [0.2, 0.25) is 0 Å². The van der Waals surface area contributed by atoms with Gasteiger partial charge in [-0.1, -0.05) is 0 Å². The van der Waals surface area contributed by atoms with Gasteiger partial charge in [0, 0.05) is 36.1 Å². The molecule has 0 amide bonds. The second-order valence-corrected chi connectivity index (χ2v) is 6.55. The van der Waals surface area contributed by atoms with Crippen LogP contribution in [0.4, 0.5) is 0 Å². The molecule has 0 aliphatic carbocycles. The van der Waals surface area contributed by atoms with Gasteiger partial charge < -0.3 is 9.97 Å². The molecule has 1 atom stereocenters. The van der Waals surface area contributed by atoms with Crippen LogP contribution in [-0.4, -0.2) is 37.9 Å². The molecule has 124 valence electrons. The highest BCUT2D eigenvalue weighted by molar-refractivity contribution is 5.80. The number of likely N-dealkylation sites (tertiary alicyclic amines) is 1. The number of pyridine rings is 1. The van der Waals surface area contributed by atoms with E-state index >= 15 is 0 Å². The largest absolute Gasteiger partial charge is 0.346 e. The SMILES string of the molecule is Cc1cc(=O)[nH]c(CN2CCCC(c3c[nH]c4ncccc34)C2)n1. The summed E-state index contributed by atoms with van der Waals surface area (Å²) in [6, 6.07) is 5.65. The highest BCUT2D eigenvalue weighted by Crippen LogP contribution is 2.31. The molecule has 0 radical (unpaired) electrons. The summed E-state index contributed by atoms with van der Waals surface area (Å²) in [5.41, 5.74) is 2.99. The van der Waals surface area contributed by atoms with Crippen LogP contribution in [0.15, 0.2) is 35.4 Å². The van der Waals surface area contributed by atoms with E-state index in [9.17, 15) is 4.79 Å². The normalized spacial score (nSPS) is 19.0. The van der Waals surface area contributed by atoms with E-state index in [0.29, 0.717) is 12.5 Å². The number of H-pyrrole nitrogens is 2. The van der Waals surface area contributed by atoms with Crippen molar-refractivity contribution in [3.8, 4) is 0 Å². The first-order chi connectivity index (χ1) is 11.7. The maximum Gasteiger partial charge on any atom is 0.251 e. The van der Waals surface area contributed by atoms with Crippen molar-refractivity contribution in [1.29, 1.82) is 0 Å². The summed E-state index contributed by atoms with van der Waals surface area (Å²) >= 11 is 0. The zero-order chi connectivity index (χ0) is 16.5. The summed E-state index contributed by atoms with van der Waals surface area (Å²) in [6.07, 6.45) is 6.23. The van der Waals surface area contributed by atoms with Crippen LogP contribution in [-0.2, 0) is 6.54 Å². The van der Waals surface area contributed by atoms with Gasteiger partial charge >= 0.3 is 0 Å². The Morgan fingerprint density at radius 3 is 3.21 bits per heavy atom. The van der Waals surface area contributed by atoms with E-state index in [1.807, 2.05) is 19.2 Å². The van der Waals surface area contributed by atoms with Gasteiger partial charge in [0.15, 0.2) is 0 Å². The van der Waals surface area contributed by atoms with Crippen molar-refractivity contribution < 1.29 is 0 Å².